The van der Waals surface area contributed by atoms with Gasteiger partial charge in [-0.3, -0.25) is 4.79 Å². The van der Waals surface area contributed by atoms with Crippen molar-refractivity contribution in [3.8, 4) is 11.5 Å². The molecule has 2 spiro atoms. The molecule has 7 N–H and O–H groups in total. The largest absolute Gasteiger partial charge is 0.504 e. The van der Waals surface area contributed by atoms with E-state index < -0.39 is 69.8 Å². The van der Waals surface area contributed by atoms with Gasteiger partial charge >= 0.3 is 0 Å². The zero-order valence-corrected chi connectivity index (χ0v) is 29.6. The van der Waals surface area contributed by atoms with Gasteiger partial charge in [0.2, 0.25) is 0 Å². The Kier molecular flexibility index (Phi) is 7.33. The van der Waals surface area contributed by atoms with Crippen LogP contribution >= 0.6 is 0 Å². The molecule has 1 heterocycles. The predicted molar refractivity (Wildman–Crippen MR) is 180 cm³/mol. The number of allylic oxidation sites excluding steroid dienone is 1. The predicted octanol–water partition coefficient (Wildman–Crippen LogP) is 4.48. The first-order valence-electron chi connectivity index (χ1n) is 18.8. The van der Waals surface area contributed by atoms with Gasteiger partial charge in [0.15, 0.2) is 17.3 Å². The Morgan fingerprint density at radius 3 is 2.27 bits per heavy atom. The number of ether oxygens (including phenoxy) is 1. The lowest BCUT2D eigenvalue weighted by atomic mass is 9.37. The number of aromatic hydroxyl groups is 2. The van der Waals surface area contributed by atoms with Crippen molar-refractivity contribution in [3.05, 3.63) is 35.4 Å². The molecule has 9 nitrogen and oxygen atoms in total. The summed E-state index contributed by atoms with van der Waals surface area (Å²) in [5.41, 5.74) is -4.97. The number of aliphatic hydroxyl groups is 5. The smallest absolute Gasteiger partial charge is 0.160 e. The van der Waals surface area contributed by atoms with Crippen LogP contribution in [-0.4, -0.2) is 82.7 Å². The number of ketones is 1. The quantitative estimate of drug-likeness (QED) is 0.212. The van der Waals surface area contributed by atoms with E-state index in [1.807, 2.05) is 20.8 Å². The Hall–Kier alpha value is -2.01. The van der Waals surface area contributed by atoms with Gasteiger partial charge in [0, 0.05) is 29.6 Å². The second-order valence-corrected chi connectivity index (χ2v) is 18.5. The van der Waals surface area contributed by atoms with Crippen LogP contribution in [0.5, 0.6) is 11.5 Å². The average Bonchev–Trinajstić information content (AvgIpc) is 3.61. The summed E-state index contributed by atoms with van der Waals surface area (Å²) in [5.74, 6) is -3.00. The van der Waals surface area contributed by atoms with E-state index in [2.05, 4.69) is 13.8 Å². The molecular formula is C40H56O9. The van der Waals surface area contributed by atoms with Crippen molar-refractivity contribution in [1.82, 2.24) is 0 Å². The molecular weight excluding hydrogens is 624 g/mol. The second kappa shape index (κ2) is 10.5. The third-order valence-electron chi connectivity index (χ3n) is 16.3. The highest BCUT2D eigenvalue weighted by Crippen LogP contribution is 2.78. The zero-order chi connectivity index (χ0) is 35.3. The standard InChI is InChI=1S/C40H56O9/c1-20-9-8-14-40(34(46)21(20)2)37(5,47)33-28(49-40)18-39(48)23-16-26(43)30-29(22-10-11-24(41)25(42)15-22)31(45)27(44)17-35(30,3)32(23)38(12-6-7-13-38)19-36(33,39)4/h10-11,15-16,20-21,27-34,41-42,44-48H,6-9,12-14,17-19H2,1-5H3/t20-,21+,27+,28+,29-,30-,31+,32+,33+,34+,35+,36-,37-,39-,40+/m1/s1. The van der Waals surface area contributed by atoms with Gasteiger partial charge in [0.25, 0.3) is 0 Å². The van der Waals surface area contributed by atoms with Gasteiger partial charge in [-0.25, -0.2) is 0 Å². The van der Waals surface area contributed by atoms with Crippen molar-refractivity contribution < 1.29 is 45.3 Å². The molecule has 0 amide bonds. The third kappa shape index (κ3) is 4.06. The topological polar surface area (TPSA) is 168 Å². The molecule has 1 aliphatic heterocycles. The van der Waals surface area contributed by atoms with Gasteiger partial charge in [-0.05, 0) is 97.0 Å². The summed E-state index contributed by atoms with van der Waals surface area (Å²) in [6, 6.07) is 4.32. The van der Waals surface area contributed by atoms with E-state index in [1.54, 1.807) is 12.1 Å². The molecule has 0 unspecified atom stereocenters. The highest BCUT2D eigenvalue weighted by Gasteiger charge is 2.81. The van der Waals surface area contributed by atoms with Gasteiger partial charge in [-0.15, -0.1) is 0 Å². The molecule has 6 aliphatic carbocycles. The lowest BCUT2D eigenvalue weighted by Gasteiger charge is -2.67. The van der Waals surface area contributed by atoms with Crippen LogP contribution in [0.2, 0.25) is 0 Å². The maximum atomic E-state index is 14.7. The van der Waals surface area contributed by atoms with Crippen LogP contribution in [0, 0.1) is 45.8 Å². The molecule has 1 aromatic carbocycles. The van der Waals surface area contributed by atoms with Crippen LogP contribution in [0.1, 0.15) is 110 Å². The molecule has 270 valence electrons. The molecule has 0 aromatic heterocycles. The highest BCUT2D eigenvalue weighted by molar-refractivity contribution is 5.96. The first-order valence-corrected chi connectivity index (χ1v) is 18.8. The minimum Gasteiger partial charge on any atom is -0.504 e. The van der Waals surface area contributed by atoms with Crippen LogP contribution in [-0.2, 0) is 9.53 Å². The number of hydrogen-bond acceptors (Lipinski definition) is 9. The first kappa shape index (κ1) is 34.1. The summed E-state index contributed by atoms with van der Waals surface area (Å²) in [7, 11) is 0. The number of carbonyl (C=O) groups excluding carboxylic acids is 1. The van der Waals surface area contributed by atoms with Gasteiger partial charge in [-0.1, -0.05) is 59.4 Å². The number of rotatable bonds is 1. The summed E-state index contributed by atoms with van der Waals surface area (Å²) in [5, 5.41) is 81.6. The number of fused-ring (bicyclic) bond motifs is 8. The minimum atomic E-state index is -1.47. The molecule has 15 atom stereocenters. The average molecular weight is 681 g/mol. The van der Waals surface area contributed by atoms with Gasteiger partial charge in [-0.2, -0.15) is 0 Å². The van der Waals surface area contributed by atoms with Crippen LogP contribution in [0.4, 0.5) is 0 Å². The first-order chi connectivity index (χ1) is 22.9. The maximum absolute atomic E-state index is 14.7. The number of phenolic OH excluding ortho intramolecular Hbond substituents is 2. The third-order valence-corrected chi connectivity index (χ3v) is 16.3. The number of aliphatic hydroxyl groups excluding tert-OH is 3. The molecule has 1 aromatic rings. The molecule has 7 aliphatic rings. The molecule has 5 saturated carbocycles. The van der Waals surface area contributed by atoms with E-state index in [9.17, 15) is 40.5 Å². The Morgan fingerprint density at radius 2 is 1.59 bits per heavy atom. The summed E-state index contributed by atoms with van der Waals surface area (Å²) >= 11 is 0. The van der Waals surface area contributed by atoms with Crippen LogP contribution in [0.15, 0.2) is 29.8 Å². The lowest BCUT2D eigenvalue weighted by molar-refractivity contribution is -0.232. The number of hydrogen-bond donors (Lipinski definition) is 7. The molecule has 9 heteroatoms. The van der Waals surface area contributed by atoms with Crippen molar-refractivity contribution in [3.63, 3.8) is 0 Å². The van der Waals surface area contributed by atoms with Crippen LogP contribution in [0.25, 0.3) is 0 Å². The highest BCUT2D eigenvalue weighted by atomic mass is 16.6. The summed E-state index contributed by atoms with van der Waals surface area (Å²) < 4.78 is 6.99. The molecule has 8 rings (SSSR count). The fourth-order valence-corrected chi connectivity index (χ4v) is 14.2. The van der Waals surface area contributed by atoms with Crippen molar-refractivity contribution in [2.75, 3.05) is 0 Å². The molecule has 1 saturated heterocycles. The Bertz CT molecular complexity index is 1580. The van der Waals surface area contributed by atoms with Crippen molar-refractivity contribution in [1.29, 1.82) is 0 Å². The van der Waals surface area contributed by atoms with E-state index >= 15 is 0 Å². The molecule has 49 heavy (non-hydrogen) atoms. The van der Waals surface area contributed by atoms with Gasteiger partial charge < -0.3 is 40.5 Å². The molecule has 0 radical (unpaired) electrons. The number of phenols is 2. The summed E-state index contributed by atoms with van der Waals surface area (Å²) in [4.78, 5) is 14.7. The SMILES string of the molecule is C[C@H]1[C@H](C)CCC[C@]2(O[C@H]3C[C@@]4(O)C5=CC(=O)[C@@H]6[C@@H](c7ccc(O)c(O)c7)[C@@H](O)[C@@H](O)C[C@]6(C)[C@H]5C5(CCCC5)C[C@]4(C)[C@H]3[C@@]2(C)O)[C@H]1O. The van der Waals surface area contributed by atoms with Crippen molar-refractivity contribution >= 4 is 5.78 Å². The van der Waals surface area contributed by atoms with E-state index in [4.69, 9.17) is 4.74 Å². The second-order valence-electron chi connectivity index (χ2n) is 18.5. The lowest BCUT2D eigenvalue weighted by Crippen LogP contribution is -2.69. The Labute approximate surface area is 289 Å². The normalized spacial score (nSPS) is 53.1. The molecule has 0 bridgehead atoms. The minimum absolute atomic E-state index is 0.0662. The van der Waals surface area contributed by atoms with E-state index in [0.717, 1.165) is 38.5 Å². The molecule has 6 fully saturated rings. The Morgan fingerprint density at radius 1 is 0.898 bits per heavy atom. The number of benzene rings is 1. The fraction of sp³-hybridized carbons (Fsp3) is 0.775. The Balaban J connectivity index is 1.28. The van der Waals surface area contributed by atoms with Gasteiger partial charge in [0.05, 0.1) is 35.6 Å². The summed E-state index contributed by atoms with van der Waals surface area (Å²) in [6.45, 7) is 10.1. The van der Waals surface area contributed by atoms with Crippen molar-refractivity contribution in [2.24, 2.45) is 45.8 Å². The summed E-state index contributed by atoms with van der Waals surface area (Å²) in [6.07, 6.45) is 4.89. The van der Waals surface area contributed by atoms with E-state index in [-0.39, 0.29) is 53.3 Å². The van der Waals surface area contributed by atoms with E-state index in [1.165, 1.54) is 12.1 Å². The van der Waals surface area contributed by atoms with Crippen LogP contribution < -0.4 is 0 Å². The zero-order valence-electron chi connectivity index (χ0n) is 29.6. The van der Waals surface area contributed by atoms with Crippen molar-refractivity contribution in [2.45, 2.75) is 146 Å². The van der Waals surface area contributed by atoms with Crippen LogP contribution in [0.3, 0.4) is 0 Å². The monoisotopic (exact) mass is 680 g/mol. The van der Waals surface area contributed by atoms with E-state index in [0.29, 0.717) is 24.0 Å². The maximum Gasteiger partial charge on any atom is 0.160 e. The number of carbonyl (C=O) groups is 1. The van der Waals surface area contributed by atoms with Gasteiger partial charge in [0.1, 0.15) is 5.60 Å². The fourth-order valence-electron chi connectivity index (χ4n) is 14.2.